The van der Waals surface area contributed by atoms with Gasteiger partial charge in [0.15, 0.2) is 17.2 Å². The molecule has 2 aliphatic rings. The quantitative estimate of drug-likeness (QED) is 0.115. The zero-order valence-corrected chi connectivity index (χ0v) is 34.5. The molecule has 0 bridgehead atoms. The second-order valence-corrected chi connectivity index (χ2v) is 15.8. The molecule has 18 heteroatoms. The minimum atomic E-state index is -0.438. The molecule has 58 heavy (non-hydrogen) atoms. The lowest BCUT2D eigenvalue weighted by atomic mass is 9.94. The molecule has 6 heterocycles. The van der Waals surface area contributed by atoms with Crippen molar-refractivity contribution in [3.8, 4) is 17.0 Å². The maximum absolute atomic E-state index is 14.6. The number of likely N-dealkylation sites (N-methyl/N-ethyl adjacent to an activating group) is 1. The molecule has 0 spiro atoms. The summed E-state index contributed by atoms with van der Waals surface area (Å²) in [6.45, 7) is 11.4. The lowest BCUT2D eigenvalue weighted by Crippen LogP contribution is -2.40. The third-order valence-corrected chi connectivity index (χ3v) is 11.5. The zero-order chi connectivity index (χ0) is 40.7. The number of anilines is 4. The van der Waals surface area contributed by atoms with E-state index in [0.29, 0.717) is 57.8 Å². The van der Waals surface area contributed by atoms with Gasteiger partial charge in [0.2, 0.25) is 11.9 Å². The van der Waals surface area contributed by atoms with Crippen LogP contribution in [0.1, 0.15) is 29.8 Å². The van der Waals surface area contributed by atoms with Crippen molar-refractivity contribution in [3.63, 3.8) is 0 Å². The topological polar surface area (TPSA) is 184 Å². The first-order valence-electron chi connectivity index (χ1n) is 19.2. The summed E-state index contributed by atoms with van der Waals surface area (Å²) >= 11 is 3.65. The van der Waals surface area contributed by atoms with E-state index in [9.17, 15) is 9.18 Å². The third kappa shape index (κ3) is 7.72. The van der Waals surface area contributed by atoms with Crippen molar-refractivity contribution < 1.29 is 13.9 Å². The maximum atomic E-state index is 14.6. The van der Waals surface area contributed by atoms with Gasteiger partial charge in [-0.25, -0.2) is 19.3 Å². The van der Waals surface area contributed by atoms with Crippen molar-refractivity contribution >= 4 is 61.9 Å². The Kier molecular flexibility index (Phi) is 10.9. The minimum absolute atomic E-state index is 0.0549. The van der Waals surface area contributed by atoms with Gasteiger partial charge >= 0.3 is 0 Å². The summed E-state index contributed by atoms with van der Waals surface area (Å²) in [6.07, 6.45) is 5.32. The summed E-state index contributed by atoms with van der Waals surface area (Å²) in [7, 11) is 3.40. The number of nitrogens with zero attached hydrogens (tertiary/aromatic N) is 10. The smallest absolute Gasteiger partial charge is 0.250 e. The van der Waals surface area contributed by atoms with Crippen LogP contribution < -0.4 is 30.9 Å². The fourth-order valence-corrected chi connectivity index (χ4v) is 8.22. The van der Waals surface area contributed by atoms with Crippen LogP contribution in [0.2, 0.25) is 0 Å². The fraction of sp³-hybridized carbons (Fsp3) is 0.375. The van der Waals surface area contributed by atoms with Gasteiger partial charge in [0.25, 0.3) is 5.91 Å². The highest BCUT2D eigenvalue weighted by molar-refractivity contribution is 9.10. The van der Waals surface area contributed by atoms with E-state index in [1.807, 2.05) is 30.9 Å². The summed E-state index contributed by atoms with van der Waals surface area (Å²) in [5.74, 6) is 1.85. The number of halogens is 2. The number of carbonyl (C=O) groups excluding carboxylic acids is 1. The molecule has 2 atom stereocenters. The molecule has 2 saturated heterocycles. The summed E-state index contributed by atoms with van der Waals surface area (Å²) in [5, 5.41) is 11.3. The Balaban J connectivity index is 1.04. The van der Waals surface area contributed by atoms with Crippen LogP contribution in [-0.4, -0.2) is 110 Å². The molecule has 16 nitrogen and oxygen atoms in total. The molecule has 0 radical (unpaired) electrons. The van der Waals surface area contributed by atoms with Gasteiger partial charge in [0.05, 0.1) is 41.3 Å². The summed E-state index contributed by atoms with van der Waals surface area (Å²) in [5.41, 5.74) is 12.3. The molecule has 0 aliphatic carbocycles. The standard InChI is InChI=1S/C40H46BrFN14O2/c1-22-8-9-29-31(13-22)50-33(49-29)20-55(40-52-39(51-37-28(41)16-48-56(37)40)54-18-25-7-6-10-45-32(25)19-54)17-23(2)38(57)53(5)11-12-58-35-34(46-21-47-36(35)43)27-14-26(42)15-30(44-4)24(27)3/h8-9,13-16,21,25,32,44-45H,2,6-7,10-12,17-20H2,1,3-5H3,(H,49,50)(H2,43,46,47). The van der Waals surface area contributed by atoms with E-state index in [1.54, 1.807) is 24.8 Å². The van der Waals surface area contributed by atoms with E-state index in [0.717, 1.165) is 59.1 Å². The number of nitrogen functional groups attached to an aromatic ring is 1. The number of rotatable bonds is 13. The van der Waals surface area contributed by atoms with E-state index in [4.69, 9.17) is 25.4 Å². The number of nitrogens with one attached hydrogen (secondary N) is 3. The van der Waals surface area contributed by atoms with E-state index in [2.05, 4.69) is 64.2 Å². The Morgan fingerprint density at radius 2 is 2.02 bits per heavy atom. The van der Waals surface area contributed by atoms with Crippen molar-refractivity contribution in [3.05, 3.63) is 82.2 Å². The number of nitrogens with two attached hydrogens (primary N) is 1. The lowest BCUT2D eigenvalue weighted by molar-refractivity contribution is -0.126. The van der Waals surface area contributed by atoms with Crippen LogP contribution in [0.3, 0.4) is 0 Å². The molecule has 6 aromatic rings. The number of H-pyrrole nitrogens is 1. The molecule has 2 unspecified atom stereocenters. The van der Waals surface area contributed by atoms with Crippen molar-refractivity contribution in [1.82, 2.24) is 49.7 Å². The number of hydrogen-bond donors (Lipinski definition) is 4. The normalized spacial score (nSPS) is 16.5. The van der Waals surface area contributed by atoms with Gasteiger partial charge in [-0.05, 0) is 90.5 Å². The van der Waals surface area contributed by atoms with E-state index >= 15 is 0 Å². The van der Waals surface area contributed by atoms with E-state index in [-0.39, 0.29) is 43.7 Å². The van der Waals surface area contributed by atoms with Gasteiger partial charge in [0.1, 0.15) is 30.3 Å². The molecular formula is C40H46BrFN14O2. The number of carbonyl (C=O) groups is 1. The fourth-order valence-electron chi connectivity index (χ4n) is 7.87. The second kappa shape index (κ2) is 16.2. The van der Waals surface area contributed by atoms with Gasteiger partial charge in [-0.3, -0.25) is 4.79 Å². The average molecular weight is 854 g/mol. The summed E-state index contributed by atoms with van der Waals surface area (Å²) in [6, 6.07) is 9.24. The second-order valence-electron chi connectivity index (χ2n) is 15.0. The zero-order valence-electron chi connectivity index (χ0n) is 32.9. The van der Waals surface area contributed by atoms with Gasteiger partial charge < -0.3 is 40.8 Å². The summed E-state index contributed by atoms with van der Waals surface area (Å²) in [4.78, 5) is 46.7. The number of benzene rings is 2. The number of ether oxygens (including phenoxy) is 1. The molecule has 1 amide bonds. The number of aryl methyl sites for hydroxylation is 1. The highest BCUT2D eigenvalue weighted by Crippen LogP contribution is 2.37. The highest BCUT2D eigenvalue weighted by atomic mass is 79.9. The SMILES string of the molecule is C=C(CN(Cc1nc2ccc(C)cc2[nH]1)c1nc(N2CC3CCCNC3C2)nc2c(Br)cnn12)C(=O)N(C)CCOc1c(N)ncnc1-c1cc(F)cc(NC)c1C. The van der Waals surface area contributed by atoms with Crippen LogP contribution in [0.15, 0.2) is 59.5 Å². The van der Waals surface area contributed by atoms with Gasteiger partial charge in [0, 0.05) is 50.1 Å². The molecule has 4 aromatic heterocycles. The molecule has 2 aliphatic heterocycles. The van der Waals surface area contributed by atoms with Crippen molar-refractivity contribution in [2.45, 2.75) is 39.3 Å². The number of hydrogen-bond acceptors (Lipinski definition) is 13. The highest BCUT2D eigenvalue weighted by Gasteiger charge is 2.36. The predicted molar refractivity (Wildman–Crippen MR) is 225 cm³/mol. The molecule has 302 valence electrons. The number of aromatic amines is 1. The van der Waals surface area contributed by atoms with Gasteiger partial charge in [-0.15, -0.1) is 0 Å². The van der Waals surface area contributed by atoms with Crippen LogP contribution in [0.5, 0.6) is 5.75 Å². The molecular weight excluding hydrogens is 807 g/mol. The third-order valence-electron chi connectivity index (χ3n) is 10.9. The Morgan fingerprint density at radius 1 is 1.17 bits per heavy atom. The molecule has 0 saturated carbocycles. The molecule has 2 fully saturated rings. The first kappa shape index (κ1) is 39.0. The van der Waals surface area contributed by atoms with E-state index in [1.165, 1.54) is 23.4 Å². The Bertz CT molecular complexity index is 2510. The Labute approximate surface area is 343 Å². The maximum Gasteiger partial charge on any atom is 0.250 e. The van der Waals surface area contributed by atoms with E-state index < -0.39 is 5.82 Å². The number of fused-ring (bicyclic) bond motifs is 3. The minimum Gasteiger partial charge on any atom is -0.486 e. The van der Waals surface area contributed by atoms with Crippen LogP contribution in [0.25, 0.3) is 27.9 Å². The van der Waals surface area contributed by atoms with Crippen molar-refractivity contribution in [2.24, 2.45) is 5.92 Å². The molecule has 8 rings (SSSR count). The van der Waals surface area contributed by atoms with Crippen molar-refractivity contribution in [2.75, 3.05) is 74.3 Å². The monoisotopic (exact) mass is 852 g/mol. The van der Waals surface area contributed by atoms with Gasteiger partial charge in [-0.2, -0.15) is 19.6 Å². The van der Waals surface area contributed by atoms with Crippen LogP contribution >= 0.6 is 15.9 Å². The molecule has 2 aromatic carbocycles. The van der Waals surface area contributed by atoms with Crippen LogP contribution in [-0.2, 0) is 11.3 Å². The first-order valence-corrected chi connectivity index (χ1v) is 20.0. The largest absolute Gasteiger partial charge is 0.486 e. The van der Waals surface area contributed by atoms with Gasteiger partial charge in [-0.1, -0.05) is 12.6 Å². The number of piperidine rings is 1. The number of amides is 1. The average Bonchev–Trinajstić information content (AvgIpc) is 3.94. The Morgan fingerprint density at radius 3 is 2.83 bits per heavy atom. The molecule has 5 N–H and O–H groups in total. The number of aromatic nitrogens is 8. The number of imidazole rings is 1. The van der Waals surface area contributed by atoms with Crippen molar-refractivity contribution in [1.29, 1.82) is 0 Å². The lowest BCUT2D eigenvalue weighted by Gasteiger charge is -2.27. The van der Waals surface area contributed by atoms with Crippen LogP contribution in [0.4, 0.5) is 27.8 Å². The Hall–Kier alpha value is -5.88. The first-order chi connectivity index (χ1) is 28.0. The predicted octanol–water partition coefficient (Wildman–Crippen LogP) is 4.89. The summed E-state index contributed by atoms with van der Waals surface area (Å²) < 4.78 is 23.1. The van der Waals surface area contributed by atoms with Crippen LogP contribution in [0, 0.1) is 25.6 Å².